The van der Waals surface area contributed by atoms with E-state index in [1.54, 1.807) is 4.90 Å². The summed E-state index contributed by atoms with van der Waals surface area (Å²) < 4.78 is 69.9. The minimum atomic E-state index is -4.24. The number of benzene rings is 1. The number of ether oxygens (including phenoxy) is 1. The molecule has 15 heteroatoms. The third kappa shape index (κ3) is 8.99. The van der Waals surface area contributed by atoms with Gasteiger partial charge in [0.25, 0.3) is 5.91 Å². The maximum atomic E-state index is 13.7. The van der Waals surface area contributed by atoms with Gasteiger partial charge in [-0.25, -0.2) is 13.9 Å². The number of hydroxylamine groups is 1. The minimum absolute atomic E-state index is 0. The summed E-state index contributed by atoms with van der Waals surface area (Å²) in [6.45, 7) is 4.41. The van der Waals surface area contributed by atoms with Crippen LogP contribution in [0.3, 0.4) is 0 Å². The third-order valence-electron chi connectivity index (χ3n) is 7.15. The Labute approximate surface area is 240 Å². The molecule has 2 saturated heterocycles. The van der Waals surface area contributed by atoms with Gasteiger partial charge in [0, 0.05) is 51.4 Å². The van der Waals surface area contributed by atoms with Crippen molar-refractivity contribution in [1.82, 2.24) is 14.7 Å². The standard InChI is InChI=1S/C24H37F3N4O5S.2ClH/c1-2-3-19-36-21-7-5-20(6-8-21)30-15-17-31(18-16-30)37(34,35)23(22(32)28-33)10-13-29(14-11-23)12-4-9-24(25,26)27;;/h5-8,33H,2-4,9-19H2,1H3,(H,28,32);2*1H. The average Bonchev–Trinajstić information content (AvgIpc) is 2.88. The van der Waals surface area contributed by atoms with Crippen LogP contribution in [0, 0.1) is 0 Å². The van der Waals surface area contributed by atoms with E-state index in [2.05, 4.69) is 11.8 Å². The van der Waals surface area contributed by atoms with E-state index < -0.39 is 33.3 Å². The lowest BCUT2D eigenvalue weighted by Gasteiger charge is -2.44. The Bertz CT molecular complexity index is 986. The summed E-state index contributed by atoms with van der Waals surface area (Å²) >= 11 is 0. The van der Waals surface area contributed by atoms with Crippen molar-refractivity contribution in [2.75, 3.05) is 57.3 Å². The fourth-order valence-electron chi connectivity index (χ4n) is 4.87. The molecule has 0 bridgehead atoms. The number of piperazine rings is 1. The van der Waals surface area contributed by atoms with Gasteiger partial charge in [-0.2, -0.15) is 17.5 Å². The highest BCUT2D eigenvalue weighted by Crippen LogP contribution is 2.35. The molecule has 3 rings (SSSR count). The number of nitrogens with one attached hydrogen (secondary N) is 1. The van der Waals surface area contributed by atoms with Gasteiger partial charge in [0.1, 0.15) is 5.75 Å². The van der Waals surface area contributed by atoms with Crippen molar-refractivity contribution in [2.45, 2.75) is 56.4 Å². The molecular formula is C24H39Cl2F3N4O5S. The molecular weight excluding hydrogens is 584 g/mol. The maximum Gasteiger partial charge on any atom is 0.389 e. The number of alkyl halides is 3. The number of halogens is 5. The molecule has 1 aromatic rings. The molecule has 0 spiro atoms. The number of likely N-dealkylation sites (tertiary alicyclic amines) is 1. The number of amides is 1. The zero-order valence-electron chi connectivity index (χ0n) is 22.0. The molecule has 226 valence electrons. The summed E-state index contributed by atoms with van der Waals surface area (Å²) in [4.78, 5) is 16.5. The van der Waals surface area contributed by atoms with Crippen LogP contribution in [0.4, 0.5) is 18.9 Å². The minimum Gasteiger partial charge on any atom is -0.494 e. The second-order valence-corrected chi connectivity index (χ2v) is 11.8. The van der Waals surface area contributed by atoms with Crippen LogP contribution in [0.1, 0.15) is 45.4 Å². The third-order valence-corrected chi connectivity index (χ3v) is 9.78. The largest absolute Gasteiger partial charge is 0.494 e. The molecule has 0 radical (unpaired) electrons. The summed E-state index contributed by atoms with van der Waals surface area (Å²) in [6.07, 6.45) is -3.43. The molecule has 2 N–H and O–H groups in total. The van der Waals surface area contributed by atoms with Gasteiger partial charge in [0.05, 0.1) is 6.61 Å². The predicted octanol–water partition coefficient (Wildman–Crippen LogP) is 3.84. The Hall–Kier alpha value is -1.51. The van der Waals surface area contributed by atoms with Gasteiger partial charge in [0.2, 0.25) is 10.0 Å². The summed E-state index contributed by atoms with van der Waals surface area (Å²) in [6, 6.07) is 7.63. The van der Waals surface area contributed by atoms with Crippen LogP contribution in [-0.2, 0) is 14.8 Å². The predicted molar refractivity (Wildman–Crippen MR) is 148 cm³/mol. The monoisotopic (exact) mass is 622 g/mol. The molecule has 0 aliphatic carbocycles. The van der Waals surface area contributed by atoms with Crippen molar-refractivity contribution in [1.29, 1.82) is 0 Å². The van der Waals surface area contributed by atoms with Crippen molar-refractivity contribution in [3.05, 3.63) is 24.3 Å². The van der Waals surface area contributed by atoms with E-state index in [-0.39, 0.29) is 76.8 Å². The SMILES string of the molecule is CCCCOc1ccc(N2CCN(S(=O)(=O)C3(C(=O)NO)CCN(CCCC(F)(F)F)CC3)CC2)cc1.Cl.Cl. The van der Waals surface area contributed by atoms with Crippen molar-refractivity contribution < 1.29 is 36.3 Å². The van der Waals surface area contributed by atoms with E-state index in [1.807, 2.05) is 24.3 Å². The van der Waals surface area contributed by atoms with E-state index >= 15 is 0 Å². The molecule has 0 saturated carbocycles. The molecule has 0 unspecified atom stereocenters. The number of carbonyl (C=O) groups is 1. The lowest BCUT2D eigenvalue weighted by molar-refractivity contribution is -0.136. The van der Waals surface area contributed by atoms with Gasteiger partial charge < -0.3 is 14.5 Å². The molecule has 0 atom stereocenters. The van der Waals surface area contributed by atoms with Gasteiger partial charge in [-0.15, -0.1) is 24.8 Å². The Balaban J connectivity index is 0.00000380. The number of nitrogens with zero attached hydrogens (tertiary/aromatic N) is 3. The Morgan fingerprint density at radius 2 is 1.62 bits per heavy atom. The number of unbranched alkanes of at least 4 members (excludes halogenated alkanes) is 1. The molecule has 2 aliphatic rings. The van der Waals surface area contributed by atoms with Crippen LogP contribution in [-0.4, -0.2) is 92.1 Å². The molecule has 39 heavy (non-hydrogen) atoms. The van der Waals surface area contributed by atoms with Gasteiger partial charge in [-0.1, -0.05) is 13.3 Å². The highest BCUT2D eigenvalue weighted by molar-refractivity contribution is 7.91. The maximum absolute atomic E-state index is 13.7. The van der Waals surface area contributed by atoms with Crippen LogP contribution in [0.2, 0.25) is 0 Å². The summed E-state index contributed by atoms with van der Waals surface area (Å²) in [7, 11) is -4.14. The fraction of sp³-hybridized carbons (Fsp3) is 0.708. The van der Waals surface area contributed by atoms with Crippen LogP contribution in [0.5, 0.6) is 5.75 Å². The number of sulfonamides is 1. The zero-order valence-corrected chi connectivity index (χ0v) is 24.4. The quantitative estimate of drug-likeness (QED) is 0.220. The van der Waals surface area contributed by atoms with E-state index in [1.165, 1.54) is 9.79 Å². The van der Waals surface area contributed by atoms with Crippen molar-refractivity contribution in [3.63, 3.8) is 0 Å². The van der Waals surface area contributed by atoms with Crippen LogP contribution < -0.4 is 15.1 Å². The van der Waals surface area contributed by atoms with Gasteiger partial charge in [0.15, 0.2) is 4.75 Å². The lowest BCUT2D eigenvalue weighted by Crippen LogP contribution is -2.63. The van der Waals surface area contributed by atoms with Crippen LogP contribution in [0.15, 0.2) is 24.3 Å². The highest BCUT2D eigenvalue weighted by Gasteiger charge is 2.55. The molecule has 1 amide bonds. The number of hydrogen-bond donors (Lipinski definition) is 2. The number of hydrogen-bond acceptors (Lipinski definition) is 7. The van der Waals surface area contributed by atoms with Crippen LogP contribution >= 0.6 is 24.8 Å². The van der Waals surface area contributed by atoms with Gasteiger partial charge in [-0.3, -0.25) is 10.0 Å². The molecule has 2 heterocycles. The molecule has 2 fully saturated rings. The normalized spacial score (nSPS) is 18.5. The molecule has 0 aromatic heterocycles. The molecule has 9 nitrogen and oxygen atoms in total. The number of piperidine rings is 1. The van der Waals surface area contributed by atoms with Crippen molar-refractivity contribution in [2.24, 2.45) is 0 Å². The second-order valence-electron chi connectivity index (χ2n) is 9.58. The topological polar surface area (TPSA) is 102 Å². The average molecular weight is 624 g/mol. The Morgan fingerprint density at radius 1 is 1.03 bits per heavy atom. The van der Waals surface area contributed by atoms with Gasteiger partial charge in [-0.05, 0) is 56.5 Å². The van der Waals surface area contributed by atoms with E-state index in [0.717, 1.165) is 24.3 Å². The number of anilines is 1. The van der Waals surface area contributed by atoms with E-state index in [4.69, 9.17) is 4.74 Å². The molecule has 2 aliphatic heterocycles. The smallest absolute Gasteiger partial charge is 0.389 e. The summed E-state index contributed by atoms with van der Waals surface area (Å²) in [5.41, 5.74) is 2.46. The van der Waals surface area contributed by atoms with E-state index in [0.29, 0.717) is 19.7 Å². The number of rotatable bonds is 11. The first-order chi connectivity index (χ1) is 17.5. The fourth-order valence-corrected chi connectivity index (χ4v) is 6.98. The molecule has 1 aromatic carbocycles. The van der Waals surface area contributed by atoms with Crippen LogP contribution in [0.25, 0.3) is 0 Å². The van der Waals surface area contributed by atoms with Crippen molar-refractivity contribution >= 4 is 46.4 Å². The Morgan fingerprint density at radius 3 is 2.13 bits per heavy atom. The lowest BCUT2D eigenvalue weighted by atomic mass is 9.94. The Kier molecular flexibility index (Phi) is 14.1. The summed E-state index contributed by atoms with van der Waals surface area (Å²) in [5.74, 6) is -0.219. The highest BCUT2D eigenvalue weighted by atomic mass is 35.5. The summed E-state index contributed by atoms with van der Waals surface area (Å²) in [5, 5.41) is 9.35. The number of carbonyl (C=O) groups excluding carboxylic acids is 1. The second kappa shape index (κ2) is 15.5. The van der Waals surface area contributed by atoms with E-state index in [9.17, 15) is 31.6 Å². The first kappa shape index (κ1) is 35.5. The first-order valence-corrected chi connectivity index (χ1v) is 14.2. The zero-order chi connectivity index (χ0) is 27.1. The van der Waals surface area contributed by atoms with Gasteiger partial charge >= 0.3 is 6.18 Å². The van der Waals surface area contributed by atoms with Crippen molar-refractivity contribution in [3.8, 4) is 5.75 Å². The first-order valence-electron chi connectivity index (χ1n) is 12.7.